The van der Waals surface area contributed by atoms with E-state index in [9.17, 15) is 9.59 Å². The third-order valence-electron chi connectivity index (χ3n) is 5.02. The smallest absolute Gasteiger partial charge is 0.326 e. The van der Waals surface area contributed by atoms with E-state index in [1.165, 1.54) is 4.90 Å². The highest BCUT2D eigenvalue weighted by Crippen LogP contribution is 2.33. The highest BCUT2D eigenvalue weighted by Gasteiger charge is 2.51. The van der Waals surface area contributed by atoms with Crippen molar-refractivity contribution < 1.29 is 14.3 Å². The first-order chi connectivity index (χ1) is 11.9. The molecule has 1 heterocycles. The molecule has 3 rings (SSSR count). The van der Waals surface area contributed by atoms with Crippen LogP contribution < -0.4 is 10.1 Å². The number of urea groups is 1. The van der Waals surface area contributed by atoms with Gasteiger partial charge in [-0.25, -0.2) is 9.69 Å². The number of benzene rings is 1. The minimum Gasteiger partial charge on any atom is -0.496 e. The molecule has 0 bridgehead atoms. The van der Waals surface area contributed by atoms with Gasteiger partial charge in [-0.15, -0.1) is 0 Å². The van der Waals surface area contributed by atoms with Crippen LogP contribution >= 0.6 is 15.9 Å². The molecule has 0 atom stereocenters. The van der Waals surface area contributed by atoms with E-state index in [0.29, 0.717) is 6.54 Å². The van der Waals surface area contributed by atoms with Gasteiger partial charge in [0.2, 0.25) is 0 Å². The van der Waals surface area contributed by atoms with E-state index >= 15 is 0 Å². The second kappa shape index (κ2) is 7.33. The Morgan fingerprint density at radius 3 is 2.68 bits per heavy atom. The van der Waals surface area contributed by atoms with Crippen LogP contribution in [0.5, 0.6) is 5.75 Å². The summed E-state index contributed by atoms with van der Waals surface area (Å²) in [6, 6.07) is 5.54. The molecule has 6 nitrogen and oxygen atoms in total. The Bertz CT molecular complexity index is 674. The third kappa shape index (κ3) is 3.67. The Balaban J connectivity index is 1.69. The normalized spacial score (nSPS) is 19.6. The Hall–Kier alpha value is -1.60. The molecule has 136 valence electrons. The first-order valence-corrected chi connectivity index (χ1v) is 9.39. The summed E-state index contributed by atoms with van der Waals surface area (Å²) in [5.41, 5.74) is 0.336. The van der Waals surface area contributed by atoms with Gasteiger partial charge in [-0.2, -0.15) is 0 Å². The van der Waals surface area contributed by atoms with Crippen LogP contribution in [0.2, 0.25) is 0 Å². The Morgan fingerprint density at radius 1 is 1.28 bits per heavy atom. The predicted molar refractivity (Wildman–Crippen MR) is 98.2 cm³/mol. The molecule has 25 heavy (non-hydrogen) atoms. The first-order valence-electron chi connectivity index (χ1n) is 8.60. The molecule has 1 aliphatic heterocycles. The van der Waals surface area contributed by atoms with Crippen molar-refractivity contribution >= 4 is 27.9 Å². The Morgan fingerprint density at radius 2 is 2.00 bits per heavy atom. The van der Waals surface area contributed by atoms with Crippen molar-refractivity contribution in [3.8, 4) is 5.75 Å². The summed E-state index contributed by atoms with van der Waals surface area (Å²) in [5, 5.41) is 2.95. The van der Waals surface area contributed by atoms with Gasteiger partial charge in [-0.3, -0.25) is 9.69 Å². The van der Waals surface area contributed by atoms with E-state index in [0.717, 1.165) is 47.9 Å². The summed E-state index contributed by atoms with van der Waals surface area (Å²) in [5.74, 6) is 0.709. The molecule has 2 aliphatic rings. The van der Waals surface area contributed by atoms with Crippen molar-refractivity contribution in [1.29, 1.82) is 0 Å². The number of amides is 3. The molecule has 1 saturated heterocycles. The fourth-order valence-electron chi connectivity index (χ4n) is 3.75. The number of imide groups is 1. The van der Waals surface area contributed by atoms with Gasteiger partial charge in [0, 0.05) is 16.6 Å². The molecule has 1 aliphatic carbocycles. The van der Waals surface area contributed by atoms with Crippen molar-refractivity contribution in [2.45, 2.75) is 44.2 Å². The lowest BCUT2D eigenvalue weighted by Crippen LogP contribution is -2.48. The predicted octanol–water partition coefficient (Wildman–Crippen LogP) is 3.10. The lowest BCUT2D eigenvalue weighted by molar-refractivity contribution is -0.133. The number of hydrogen-bond acceptors (Lipinski definition) is 4. The minimum absolute atomic E-state index is 0.0785. The van der Waals surface area contributed by atoms with Gasteiger partial charge < -0.3 is 10.1 Å². The minimum atomic E-state index is -0.663. The van der Waals surface area contributed by atoms with Crippen molar-refractivity contribution in [2.75, 3.05) is 20.8 Å². The molecule has 0 radical (unpaired) electrons. The third-order valence-corrected chi connectivity index (χ3v) is 5.51. The summed E-state index contributed by atoms with van der Waals surface area (Å²) in [7, 11) is 3.53. The van der Waals surface area contributed by atoms with Crippen LogP contribution in [0.4, 0.5) is 4.79 Å². The van der Waals surface area contributed by atoms with Crippen LogP contribution in [-0.4, -0.2) is 48.1 Å². The number of carbonyl (C=O) groups excluding carboxylic acids is 2. The number of ether oxygens (including phenoxy) is 1. The van der Waals surface area contributed by atoms with Crippen LogP contribution in [-0.2, 0) is 11.3 Å². The van der Waals surface area contributed by atoms with Gasteiger partial charge >= 0.3 is 6.03 Å². The van der Waals surface area contributed by atoms with Gasteiger partial charge in [0.05, 0.1) is 13.8 Å². The summed E-state index contributed by atoms with van der Waals surface area (Å²) in [4.78, 5) is 28.5. The van der Waals surface area contributed by atoms with Gasteiger partial charge in [-0.1, -0.05) is 35.2 Å². The molecule has 0 aromatic heterocycles. The lowest BCUT2D eigenvalue weighted by atomic mass is 9.82. The van der Waals surface area contributed by atoms with Gasteiger partial charge in [0.1, 0.15) is 11.3 Å². The summed E-state index contributed by atoms with van der Waals surface area (Å²) < 4.78 is 6.36. The maximum Gasteiger partial charge on any atom is 0.326 e. The van der Waals surface area contributed by atoms with E-state index in [2.05, 4.69) is 21.2 Å². The molecule has 1 aromatic carbocycles. The zero-order chi connectivity index (χ0) is 18.0. The van der Waals surface area contributed by atoms with Gasteiger partial charge in [-0.05, 0) is 38.1 Å². The molecule has 3 amide bonds. The van der Waals surface area contributed by atoms with Crippen LogP contribution in [0.25, 0.3) is 0 Å². The fourth-order valence-corrected chi connectivity index (χ4v) is 4.16. The van der Waals surface area contributed by atoms with E-state index < -0.39 is 5.54 Å². The summed E-state index contributed by atoms with van der Waals surface area (Å²) >= 11 is 3.47. The standard InChI is InChI=1S/C18H24BrN3O3/c1-21(11-13-10-14(19)6-7-15(13)25-2)12-22-16(23)18(20-17(22)24)8-4-3-5-9-18/h6-7,10H,3-5,8-9,11-12H2,1-2H3,(H,20,24). The summed E-state index contributed by atoms with van der Waals surface area (Å²) in [6.45, 7) is 0.842. The number of nitrogens with zero attached hydrogens (tertiary/aromatic N) is 2. The number of rotatable bonds is 5. The molecular weight excluding hydrogens is 386 g/mol. The monoisotopic (exact) mass is 409 g/mol. The van der Waals surface area contributed by atoms with E-state index in [-0.39, 0.29) is 18.6 Å². The van der Waals surface area contributed by atoms with E-state index in [1.807, 2.05) is 30.1 Å². The lowest BCUT2D eigenvalue weighted by Gasteiger charge is -2.31. The van der Waals surface area contributed by atoms with Crippen molar-refractivity contribution in [2.24, 2.45) is 0 Å². The van der Waals surface area contributed by atoms with E-state index in [1.54, 1.807) is 7.11 Å². The highest BCUT2D eigenvalue weighted by molar-refractivity contribution is 9.10. The van der Waals surface area contributed by atoms with Gasteiger partial charge in [0.25, 0.3) is 5.91 Å². The second-order valence-corrected chi connectivity index (χ2v) is 7.83. The topological polar surface area (TPSA) is 61.9 Å². The van der Waals surface area contributed by atoms with Gasteiger partial charge in [0.15, 0.2) is 0 Å². The molecule has 0 unspecified atom stereocenters. The Labute approximate surface area is 156 Å². The number of halogens is 1. The van der Waals surface area contributed by atoms with Crippen molar-refractivity contribution in [3.63, 3.8) is 0 Å². The van der Waals surface area contributed by atoms with Crippen LogP contribution in [0, 0.1) is 0 Å². The second-order valence-electron chi connectivity index (χ2n) is 6.92. The van der Waals surface area contributed by atoms with Crippen LogP contribution in [0.15, 0.2) is 22.7 Å². The SMILES string of the molecule is COc1ccc(Br)cc1CN(C)CN1C(=O)NC2(CCCCC2)C1=O. The highest BCUT2D eigenvalue weighted by atomic mass is 79.9. The molecule has 7 heteroatoms. The number of carbonyl (C=O) groups is 2. The number of hydrogen-bond donors (Lipinski definition) is 1. The fraction of sp³-hybridized carbons (Fsp3) is 0.556. The maximum atomic E-state index is 12.8. The molecule has 2 fully saturated rings. The average molecular weight is 410 g/mol. The molecule has 1 aromatic rings. The average Bonchev–Trinajstić information content (AvgIpc) is 2.80. The quantitative estimate of drug-likeness (QED) is 0.758. The molecule has 1 N–H and O–H groups in total. The zero-order valence-corrected chi connectivity index (χ0v) is 16.3. The summed E-state index contributed by atoms with van der Waals surface area (Å²) in [6.07, 6.45) is 4.61. The molecule has 1 spiro atoms. The van der Waals surface area contributed by atoms with Crippen molar-refractivity contribution in [1.82, 2.24) is 15.1 Å². The van der Waals surface area contributed by atoms with E-state index in [4.69, 9.17) is 4.74 Å². The van der Waals surface area contributed by atoms with Crippen molar-refractivity contribution in [3.05, 3.63) is 28.2 Å². The zero-order valence-electron chi connectivity index (χ0n) is 14.7. The van der Waals surface area contributed by atoms with Crippen LogP contribution in [0.1, 0.15) is 37.7 Å². The number of nitrogens with one attached hydrogen (secondary N) is 1. The Kier molecular flexibility index (Phi) is 5.34. The molecule has 1 saturated carbocycles. The first kappa shape index (κ1) is 18.2. The van der Waals surface area contributed by atoms with Crippen LogP contribution in [0.3, 0.4) is 0 Å². The molecular formula is C18H24BrN3O3. The largest absolute Gasteiger partial charge is 0.496 e. The maximum absolute atomic E-state index is 12.8. The number of methoxy groups -OCH3 is 1.